The quantitative estimate of drug-likeness (QED) is 0.195. The highest BCUT2D eigenvalue weighted by atomic mass is 14.4. The van der Waals surface area contributed by atoms with Crippen molar-refractivity contribution < 1.29 is 0 Å². The lowest BCUT2D eigenvalue weighted by Gasteiger charge is -2.38. The zero-order valence-corrected chi connectivity index (χ0v) is 34.3. The van der Waals surface area contributed by atoms with Crippen molar-refractivity contribution in [2.24, 2.45) is 0 Å². The first-order valence-corrected chi connectivity index (χ1v) is 18.0. The molecule has 3 aromatic rings. The highest BCUT2D eigenvalue weighted by Gasteiger charge is 2.40. The van der Waals surface area contributed by atoms with Crippen molar-refractivity contribution in [2.45, 2.75) is 163 Å². The van der Waals surface area contributed by atoms with E-state index in [9.17, 15) is 0 Å². The fraction of sp³-hybridized carbons (Fsp3) is 0.510. The minimum absolute atomic E-state index is 0.0773. The van der Waals surface area contributed by atoms with Crippen molar-refractivity contribution >= 4 is 0 Å². The maximum atomic E-state index is 5.63. The monoisotopic (exact) mass is 653 g/mol. The Morgan fingerprint density at radius 3 is 0.694 bits per heavy atom. The molecule has 0 unspecified atom stereocenters. The molecular formula is C49H64. The zero-order chi connectivity index (χ0) is 37.6. The van der Waals surface area contributed by atoms with Gasteiger partial charge in [0, 0.05) is 0 Å². The predicted molar refractivity (Wildman–Crippen MR) is 216 cm³/mol. The van der Waals surface area contributed by atoms with E-state index in [1.54, 1.807) is 0 Å². The van der Waals surface area contributed by atoms with Gasteiger partial charge in [0.2, 0.25) is 0 Å². The van der Waals surface area contributed by atoms with Crippen LogP contribution in [0.2, 0.25) is 0 Å². The van der Waals surface area contributed by atoms with Gasteiger partial charge >= 0.3 is 0 Å². The van der Waals surface area contributed by atoms with Crippen LogP contribution in [0, 0.1) is 36.0 Å². The van der Waals surface area contributed by atoms with Gasteiger partial charge in [-0.3, -0.25) is 0 Å². The largest absolute Gasteiger partial charge is 0.107 e. The molecule has 260 valence electrons. The summed E-state index contributed by atoms with van der Waals surface area (Å²) in [5, 5.41) is 0. The van der Waals surface area contributed by atoms with Gasteiger partial charge in [0.25, 0.3) is 0 Å². The fourth-order valence-electron chi connectivity index (χ4n) is 6.04. The van der Waals surface area contributed by atoms with Crippen LogP contribution in [0.5, 0.6) is 0 Å². The molecule has 0 fully saturated rings. The Labute approximate surface area is 302 Å². The average Bonchev–Trinajstić information content (AvgIpc) is 2.94. The highest BCUT2D eigenvalue weighted by molar-refractivity contribution is 5.64. The highest BCUT2D eigenvalue weighted by Crippen LogP contribution is 2.47. The molecular weight excluding hydrogens is 589 g/mol. The van der Waals surface area contributed by atoms with E-state index in [4.69, 9.17) is 6.42 Å². The van der Waals surface area contributed by atoms with Gasteiger partial charge in [-0.15, -0.1) is 6.42 Å². The van der Waals surface area contributed by atoms with Crippen LogP contribution < -0.4 is 0 Å². The molecule has 3 rings (SSSR count). The second-order valence-electron chi connectivity index (χ2n) is 20.3. The SMILES string of the molecule is C#CC#CC#CC(c1cc(C(C)(C)C)cc(C(C)(C)C)c1)(c1cc(C(C)(C)C)cc(C(C)(C)C)c1)c1cc(C(C)(C)C)cc(C(C)(C)C)c1. The summed E-state index contributed by atoms with van der Waals surface area (Å²) in [6.45, 7) is 41.5. The molecule has 0 aliphatic carbocycles. The third-order valence-corrected chi connectivity index (χ3v) is 9.74. The fourth-order valence-corrected chi connectivity index (χ4v) is 6.04. The third-order valence-electron chi connectivity index (χ3n) is 9.74. The average molecular weight is 653 g/mol. The molecule has 0 N–H and O–H groups in total. The topological polar surface area (TPSA) is 0 Å². The molecule has 0 saturated heterocycles. The van der Waals surface area contributed by atoms with Crippen LogP contribution in [0.15, 0.2) is 54.6 Å². The molecule has 0 aliphatic heterocycles. The Morgan fingerprint density at radius 1 is 0.306 bits per heavy atom. The van der Waals surface area contributed by atoms with Crippen molar-refractivity contribution in [1.29, 1.82) is 0 Å². The molecule has 49 heavy (non-hydrogen) atoms. The van der Waals surface area contributed by atoms with E-state index in [-0.39, 0.29) is 32.5 Å². The molecule has 0 nitrogen and oxygen atoms in total. The first kappa shape index (κ1) is 39.8. The maximum Gasteiger partial charge on any atom is 0.107 e. The first-order chi connectivity index (χ1) is 22.0. The van der Waals surface area contributed by atoms with E-state index in [1.807, 2.05) is 0 Å². The van der Waals surface area contributed by atoms with Gasteiger partial charge in [0.1, 0.15) is 5.41 Å². The van der Waals surface area contributed by atoms with Gasteiger partial charge in [-0.25, -0.2) is 0 Å². The summed E-state index contributed by atoms with van der Waals surface area (Å²) in [4.78, 5) is 0. The van der Waals surface area contributed by atoms with Crippen molar-refractivity contribution in [3.05, 3.63) is 105 Å². The van der Waals surface area contributed by atoms with E-state index in [1.165, 1.54) is 33.4 Å². The Balaban J connectivity index is 2.89. The standard InChI is InChI=1S/C49H64/c1-20-21-22-23-24-49(40-28-34(43(2,3)4)25-35(29-40)44(5,6)7,41-30-36(45(8,9)10)26-37(31-41)46(11,12)13)42-32-38(47(14,15)16)27-39(33-42)48(17,18)19/h1,25-33H,2-19H3. The number of benzene rings is 3. The zero-order valence-electron chi connectivity index (χ0n) is 34.3. The lowest BCUT2D eigenvalue weighted by molar-refractivity contribution is 0.558. The van der Waals surface area contributed by atoms with Crippen LogP contribution in [-0.4, -0.2) is 0 Å². The molecule has 0 saturated carbocycles. The molecule has 0 spiro atoms. The molecule has 0 radical (unpaired) electrons. The van der Waals surface area contributed by atoms with Crippen molar-refractivity contribution in [2.75, 3.05) is 0 Å². The van der Waals surface area contributed by atoms with Gasteiger partial charge in [0.15, 0.2) is 0 Å². The summed E-state index contributed by atoms with van der Waals surface area (Å²) in [6, 6.07) is 21.7. The summed E-state index contributed by atoms with van der Waals surface area (Å²) in [5.41, 5.74) is 9.93. The van der Waals surface area contributed by atoms with Crippen LogP contribution in [0.4, 0.5) is 0 Å². The molecule has 0 aromatic heterocycles. The number of terminal acetylenes is 1. The number of hydrogen-bond donors (Lipinski definition) is 0. The molecule has 0 atom stereocenters. The van der Waals surface area contributed by atoms with Gasteiger partial charge in [-0.2, -0.15) is 0 Å². The molecule has 3 aromatic carbocycles. The van der Waals surface area contributed by atoms with E-state index >= 15 is 0 Å². The summed E-state index contributed by atoms with van der Waals surface area (Å²) in [6.07, 6.45) is 5.63. The Morgan fingerprint density at radius 2 is 0.510 bits per heavy atom. The number of hydrogen-bond acceptors (Lipinski definition) is 0. The molecule has 0 heteroatoms. The predicted octanol–water partition coefficient (Wildman–Crippen LogP) is 12.4. The smallest absolute Gasteiger partial charge is 0.106 e. The first-order valence-electron chi connectivity index (χ1n) is 18.0. The van der Waals surface area contributed by atoms with Crippen LogP contribution in [-0.2, 0) is 37.9 Å². The van der Waals surface area contributed by atoms with Crippen LogP contribution in [0.3, 0.4) is 0 Å². The van der Waals surface area contributed by atoms with E-state index in [0.717, 1.165) is 16.7 Å². The van der Waals surface area contributed by atoms with Crippen molar-refractivity contribution in [1.82, 2.24) is 0 Å². The van der Waals surface area contributed by atoms with Crippen LogP contribution >= 0.6 is 0 Å². The lowest BCUT2D eigenvalue weighted by atomic mass is 9.64. The Hall–Kier alpha value is -3.66. The van der Waals surface area contributed by atoms with Gasteiger partial charge < -0.3 is 0 Å². The molecule has 0 bridgehead atoms. The molecule has 0 aliphatic rings. The van der Waals surface area contributed by atoms with Gasteiger partial charge in [-0.05, 0) is 106 Å². The molecule has 0 heterocycles. The summed E-state index contributed by atoms with van der Waals surface area (Å²) in [7, 11) is 0. The van der Waals surface area contributed by atoms with Crippen LogP contribution in [0.25, 0.3) is 0 Å². The summed E-state index contributed by atoms with van der Waals surface area (Å²) < 4.78 is 0. The summed E-state index contributed by atoms with van der Waals surface area (Å²) in [5.74, 6) is 15.5. The van der Waals surface area contributed by atoms with Crippen LogP contribution in [0.1, 0.15) is 175 Å². The second kappa shape index (κ2) is 13.2. The van der Waals surface area contributed by atoms with Crippen molar-refractivity contribution in [3.63, 3.8) is 0 Å². The lowest BCUT2D eigenvalue weighted by Crippen LogP contribution is -2.32. The minimum atomic E-state index is -0.854. The number of rotatable bonds is 3. The second-order valence-corrected chi connectivity index (χ2v) is 20.3. The summed E-state index contributed by atoms with van der Waals surface area (Å²) >= 11 is 0. The van der Waals surface area contributed by atoms with E-state index < -0.39 is 5.41 Å². The minimum Gasteiger partial charge on any atom is -0.106 e. The maximum absolute atomic E-state index is 5.63. The van der Waals surface area contributed by atoms with Crippen molar-refractivity contribution in [3.8, 4) is 36.0 Å². The van der Waals surface area contributed by atoms with Gasteiger partial charge in [0.05, 0.1) is 0 Å². The Kier molecular flexibility index (Phi) is 10.7. The van der Waals surface area contributed by atoms with Gasteiger partial charge in [-0.1, -0.05) is 185 Å². The van der Waals surface area contributed by atoms with E-state index in [0.29, 0.717) is 0 Å². The molecule has 0 amide bonds. The third kappa shape index (κ3) is 9.12. The normalized spacial score (nSPS) is 13.2. The van der Waals surface area contributed by atoms with E-state index in [2.05, 4.69) is 209 Å². The Bertz CT molecular complexity index is 1570.